The molecule has 20 heteroatoms. The number of aryl methyl sites for hydroxylation is 1. The van der Waals surface area contributed by atoms with Crippen LogP contribution in [0.5, 0.6) is 0 Å². The van der Waals surface area contributed by atoms with Gasteiger partial charge in [0.05, 0.1) is 45.1 Å². The first-order valence-corrected chi connectivity index (χ1v) is 26.5. The number of halogens is 1. The molecule has 71 heavy (non-hydrogen) atoms. The quantitative estimate of drug-likeness (QED) is 0.0324. The van der Waals surface area contributed by atoms with Crippen molar-refractivity contribution in [2.45, 2.75) is 152 Å². The van der Waals surface area contributed by atoms with Crippen molar-refractivity contribution in [1.82, 2.24) is 35.8 Å². The van der Waals surface area contributed by atoms with E-state index in [-0.39, 0.29) is 55.0 Å². The second-order valence-corrected chi connectivity index (χ2v) is 22.4. The van der Waals surface area contributed by atoms with Gasteiger partial charge >= 0.3 is 0 Å². The molecule has 2 saturated heterocycles. The molecule has 2 aromatic heterocycles. The highest BCUT2D eigenvalue weighted by Gasteiger charge is 2.44. The highest BCUT2D eigenvalue weighted by atomic mass is 35.5. The molecular formula is C51H70ClN11O6S2. The number of thiazole rings is 1. The van der Waals surface area contributed by atoms with Crippen LogP contribution in [-0.4, -0.2) is 104 Å². The van der Waals surface area contributed by atoms with Crippen molar-refractivity contribution < 1.29 is 29.1 Å². The number of amides is 5. The van der Waals surface area contributed by atoms with Crippen LogP contribution in [0.1, 0.15) is 123 Å². The topological polar surface area (TPSA) is 251 Å². The number of nitrogens with two attached hydrogens (primary N) is 2. The number of β-amino-alcohol motifs (C(OH)–C–C–N with tert-alkyl or cyclic N) is 1. The maximum Gasteiger partial charge on any atom is 0.246 e. The first-order chi connectivity index (χ1) is 33.7. The lowest BCUT2D eigenvalue weighted by Gasteiger charge is -2.37. The summed E-state index contributed by atoms with van der Waals surface area (Å²) in [7, 11) is 0. The van der Waals surface area contributed by atoms with Gasteiger partial charge in [0.2, 0.25) is 29.5 Å². The molecule has 384 valence electrons. The number of benzene rings is 2. The average molecular weight is 1030 g/mol. The van der Waals surface area contributed by atoms with E-state index in [2.05, 4.69) is 48.0 Å². The summed E-state index contributed by atoms with van der Waals surface area (Å²) >= 11 is 9.49. The van der Waals surface area contributed by atoms with E-state index >= 15 is 0 Å². The molecule has 0 aliphatic carbocycles. The maximum absolute atomic E-state index is 14.1. The number of hydrogen-bond donors (Lipinski definition) is 7. The standard InChI is InChI=1S/C51H70ClN11O6S2/c1-31(33-17-19-34(20-18-33)44-32(2)57-30-70-44)58-47(68)37-26-35(64)29-63(37)49(69)45(50(3,4)5)61-40(65)16-11-9-7-8-10-12-23-55-41(66)27-42(67)59-36-14-13-15-38(43(36)52)71-48-46(53)60-39(28-56-48)62-24-21-51(6,54)22-25-62/h13-15,17-20,28,30-31,35,37,45,64H,7-12,16,21-27,29,54H2,1-6H3,(H2,53,60)(H,55,66)(H,58,68)(H,59,67)(H,61,65)/t31-,35+,37-,45+/m1/s1. The Kier molecular flexibility index (Phi) is 19.3. The van der Waals surface area contributed by atoms with Gasteiger partial charge in [0.25, 0.3) is 0 Å². The fraction of sp³-hybridized carbons (Fsp3) is 0.529. The van der Waals surface area contributed by atoms with Gasteiger partial charge in [-0.05, 0) is 75.1 Å². The van der Waals surface area contributed by atoms with Crippen LogP contribution >= 0.6 is 34.7 Å². The second-order valence-electron chi connectivity index (χ2n) is 20.1. The Morgan fingerprint density at radius 1 is 0.958 bits per heavy atom. The molecule has 2 aliphatic heterocycles. The molecule has 4 atom stereocenters. The number of carbonyl (C=O) groups is 5. The van der Waals surface area contributed by atoms with E-state index < -0.39 is 41.3 Å². The number of nitrogens with zero attached hydrogens (tertiary/aromatic N) is 5. The lowest BCUT2D eigenvalue weighted by Crippen LogP contribution is -2.57. The molecule has 2 aliphatic rings. The number of aromatic nitrogens is 3. The van der Waals surface area contributed by atoms with E-state index in [0.29, 0.717) is 39.4 Å². The predicted octanol–water partition coefficient (Wildman–Crippen LogP) is 7.16. The number of hydrogen-bond acceptors (Lipinski definition) is 14. The summed E-state index contributed by atoms with van der Waals surface area (Å²) in [5, 5.41) is 22.9. The summed E-state index contributed by atoms with van der Waals surface area (Å²) in [5.74, 6) is -0.942. The van der Waals surface area contributed by atoms with E-state index in [1.165, 1.54) is 16.7 Å². The molecule has 0 radical (unpaired) electrons. The third kappa shape index (κ3) is 15.6. The average Bonchev–Trinajstić information content (AvgIpc) is 3.94. The zero-order valence-corrected chi connectivity index (χ0v) is 44.1. The third-order valence-electron chi connectivity index (χ3n) is 13.0. The second kappa shape index (κ2) is 24.9. The molecule has 4 aromatic rings. The van der Waals surface area contributed by atoms with Crippen molar-refractivity contribution in [1.29, 1.82) is 0 Å². The lowest BCUT2D eigenvalue weighted by atomic mass is 9.85. The first kappa shape index (κ1) is 55.0. The van der Waals surface area contributed by atoms with Gasteiger partial charge in [-0.1, -0.05) is 100 Å². The molecule has 4 heterocycles. The largest absolute Gasteiger partial charge is 0.391 e. The van der Waals surface area contributed by atoms with Gasteiger partial charge in [-0.3, -0.25) is 24.0 Å². The van der Waals surface area contributed by atoms with Crippen molar-refractivity contribution in [3.63, 3.8) is 0 Å². The SMILES string of the molecule is Cc1ncsc1-c1ccc([C@@H](C)NC(=O)[C@H]2C[C@H](O)CN2C(=O)[C@H](NC(=O)CCCCCCCCNC(=O)CC(=O)Nc2cccc(Sc3ncc(N4CCC(C)(N)CC4)nc3N)c2Cl)C(C)(C)C)cc1. The minimum Gasteiger partial charge on any atom is -0.391 e. The predicted molar refractivity (Wildman–Crippen MR) is 281 cm³/mol. The molecule has 17 nitrogen and oxygen atoms in total. The lowest BCUT2D eigenvalue weighted by molar-refractivity contribution is -0.144. The summed E-state index contributed by atoms with van der Waals surface area (Å²) < 4.78 is 0. The van der Waals surface area contributed by atoms with Crippen molar-refractivity contribution in [2.75, 3.05) is 42.1 Å². The van der Waals surface area contributed by atoms with Crippen LogP contribution in [0.25, 0.3) is 10.4 Å². The smallest absolute Gasteiger partial charge is 0.246 e. The van der Waals surface area contributed by atoms with Gasteiger partial charge in [0.15, 0.2) is 5.82 Å². The van der Waals surface area contributed by atoms with Gasteiger partial charge in [-0.2, -0.15) is 0 Å². The number of nitrogen functional groups attached to an aromatic ring is 1. The van der Waals surface area contributed by atoms with E-state index in [9.17, 15) is 29.1 Å². The van der Waals surface area contributed by atoms with Crippen molar-refractivity contribution >= 4 is 81.6 Å². The molecule has 0 saturated carbocycles. The van der Waals surface area contributed by atoms with Crippen LogP contribution in [0.4, 0.5) is 17.3 Å². The molecule has 5 amide bonds. The molecule has 9 N–H and O–H groups in total. The minimum absolute atomic E-state index is 0.0000485. The Morgan fingerprint density at radius 2 is 1.65 bits per heavy atom. The van der Waals surface area contributed by atoms with Crippen molar-refractivity contribution in [3.8, 4) is 10.4 Å². The molecule has 6 rings (SSSR count). The van der Waals surface area contributed by atoms with Crippen LogP contribution in [0, 0.1) is 12.3 Å². The Labute approximate surface area is 430 Å². The van der Waals surface area contributed by atoms with E-state index in [1.807, 2.05) is 64.4 Å². The van der Waals surface area contributed by atoms with Gasteiger partial charge < -0.3 is 47.6 Å². The Bertz CT molecular complexity index is 2490. The van der Waals surface area contributed by atoms with Gasteiger partial charge in [0.1, 0.15) is 29.3 Å². The number of likely N-dealkylation sites (tertiary alicyclic amines) is 1. The number of anilines is 3. The first-order valence-electron chi connectivity index (χ1n) is 24.5. The summed E-state index contributed by atoms with van der Waals surface area (Å²) in [6.07, 6.45) is 7.31. The fourth-order valence-electron chi connectivity index (χ4n) is 8.65. The van der Waals surface area contributed by atoms with E-state index in [0.717, 1.165) is 79.7 Å². The third-order valence-corrected chi connectivity index (χ3v) is 15.5. The van der Waals surface area contributed by atoms with Crippen LogP contribution < -0.4 is 37.6 Å². The molecule has 0 spiro atoms. The number of nitrogens with one attached hydrogen (secondary N) is 4. The molecule has 2 aromatic carbocycles. The highest BCUT2D eigenvalue weighted by molar-refractivity contribution is 7.99. The molecule has 0 unspecified atom stereocenters. The van der Waals surface area contributed by atoms with Crippen LogP contribution in [0.3, 0.4) is 0 Å². The summed E-state index contributed by atoms with van der Waals surface area (Å²) in [6.45, 7) is 13.5. The van der Waals surface area contributed by atoms with E-state index in [4.69, 9.17) is 23.1 Å². The van der Waals surface area contributed by atoms with Gasteiger partial charge in [0, 0.05) is 49.5 Å². The van der Waals surface area contributed by atoms with Crippen molar-refractivity contribution in [3.05, 3.63) is 70.5 Å². The Morgan fingerprint density at radius 3 is 2.31 bits per heavy atom. The van der Waals surface area contributed by atoms with Crippen LogP contribution in [0.2, 0.25) is 5.02 Å². The van der Waals surface area contributed by atoms with Gasteiger partial charge in [-0.25, -0.2) is 15.0 Å². The molecule has 2 fully saturated rings. The number of unbranched alkanes of at least 4 members (excludes halogenated alkanes) is 5. The zero-order chi connectivity index (χ0) is 51.5. The zero-order valence-electron chi connectivity index (χ0n) is 41.7. The highest BCUT2D eigenvalue weighted by Crippen LogP contribution is 2.39. The minimum atomic E-state index is -0.898. The maximum atomic E-state index is 14.1. The normalized spacial score (nSPS) is 17.6. The molecular weight excluding hydrogens is 962 g/mol. The summed E-state index contributed by atoms with van der Waals surface area (Å²) in [5.41, 5.74) is 16.8. The monoisotopic (exact) mass is 1030 g/mol. The molecule has 0 bridgehead atoms. The van der Waals surface area contributed by atoms with Crippen molar-refractivity contribution in [2.24, 2.45) is 11.1 Å². The van der Waals surface area contributed by atoms with Gasteiger partial charge in [-0.15, -0.1) is 11.3 Å². The summed E-state index contributed by atoms with van der Waals surface area (Å²) in [4.78, 5) is 85.0. The fourth-order valence-corrected chi connectivity index (χ4v) is 10.6. The number of aliphatic hydroxyl groups is 1. The van der Waals surface area contributed by atoms with Crippen LogP contribution in [-0.2, 0) is 24.0 Å². The number of carbonyl (C=O) groups excluding carboxylic acids is 5. The van der Waals surface area contributed by atoms with E-state index in [1.54, 1.807) is 35.7 Å². The number of rotatable bonds is 21. The Hall–Kier alpha value is -5.34. The number of aliphatic hydroxyl groups excluding tert-OH is 1. The van der Waals surface area contributed by atoms with Crippen LogP contribution in [0.15, 0.2) is 64.1 Å². The number of piperidine rings is 1. The summed E-state index contributed by atoms with van der Waals surface area (Å²) in [6, 6.07) is 11.0. The Balaban J connectivity index is 0.855.